The van der Waals surface area contributed by atoms with Gasteiger partial charge in [0.2, 0.25) is 15.0 Å². The van der Waals surface area contributed by atoms with E-state index in [9.17, 15) is 26.8 Å². The summed E-state index contributed by atoms with van der Waals surface area (Å²) in [5.74, 6) is 0.606. The zero-order chi connectivity index (χ0) is 19.7. The van der Waals surface area contributed by atoms with E-state index in [1.165, 1.54) is 36.0 Å². The second kappa shape index (κ2) is 7.41. The minimum atomic E-state index is -4.84. The number of halogens is 3. The number of hydrogen-bond acceptors (Lipinski definition) is 7. The van der Waals surface area contributed by atoms with Crippen molar-refractivity contribution in [3.05, 3.63) is 54.1 Å². The molecule has 2 aromatic rings. The fraction of sp³-hybridized carbons (Fsp3) is 0.188. The molecule has 1 aliphatic rings. The minimum absolute atomic E-state index is 0.112. The monoisotopic (exact) mass is 417 g/mol. The number of hydrogen-bond donors (Lipinski definition) is 2. The summed E-state index contributed by atoms with van der Waals surface area (Å²) >= 11 is 1.17. The molecule has 6 nitrogen and oxygen atoms in total. The lowest BCUT2D eigenvalue weighted by Crippen LogP contribution is -2.31. The van der Waals surface area contributed by atoms with E-state index in [4.69, 9.17) is 0 Å². The number of benzene rings is 2. The maximum atomic E-state index is 13.5. The number of sulfone groups is 1. The molecule has 0 aliphatic carbocycles. The molecule has 1 heterocycles. The van der Waals surface area contributed by atoms with E-state index in [0.717, 1.165) is 12.1 Å². The third kappa shape index (κ3) is 4.20. The summed E-state index contributed by atoms with van der Waals surface area (Å²) in [5, 5.41) is 10.4. The second-order valence-electron chi connectivity index (χ2n) is 5.46. The van der Waals surface area contributed by atoms with Crippen molar-refractivity contribution < 1.29 is 26.8 Å². The highest BCUT2D eigenvalue weighted by Crippen LogP contribution is 2.37. The number of alkyl halides is 3. The smallest absolute Gasteiger partial charge is 0.272 e. The number of nitrogens with one attached hydrogen (secondary N) is 1. The molecule has 0 amide bonds. The van der Waals surface area contributed by atoms with Gasteiger partial charge < -0.3 is 0 Å². The highest BCUT2D eigenvalue weighted by molar-refractivity contribution is 8.14. The van der Waals surface area contributed by atoms with Crippen LogP contribution in [0.1, 0.15) is 5.56 Å². The second-order valence-corrected chi connectivity index (χ2v) is 8.47. The lowest BCUT2D eigenvalue weighted by atomic mass is 10.2. The Morgan fingerprint density at radius 2 is 1.81 bits per heavy atom. The molecule has 0 atom stereocenters. The van der Waals surface area contributed by atoms with E-state index >= 15 is 0 Å². The first kappa shape index (κ1) is 19.5. The van der Waals surface area contributed by atoms with E-state index in [1.807, 2.05) is 0 Å². The Kier molecular flexibility index (Phi) is 5.36. The van der Waals surface area contributed by atoms with Crippen molar-refractivity contribution in [1.29, 1.82) is 0 Å². The number of aliphatic imine (C=N–C) groups is 1. The number of rotatable bonds is 4. The number of hydrazine groups is 1. The normalized spacial score (nSPS) is 14.7. The lowest BCUT2D eigenvalue weighted by molar-refractivity contribution is -0.137. The van der Waals surface area contributed by atoms with Crippen LogP contribution in [0.5, 0.6) is 0 Å². The first-order chi connectivity index (χ1) is 12.7. The molecule has 11 heteroatoms. The quantitative estimate of drug-likeness (QED) is 0.739. The van der Waals surface area contributed by atoms with Crippen LogP contribution in [0.2, 0.25) is 0 Å². The number of hydroxylamine groups is 1. The van der Waals surface area contributed by atoms with E-state index in [1.54, 1.807) is 6.07 Å². The molecule has 2 N–H and O–H groups in total. The molecule has 2 aromatic carbocycles. The van der Waals surface area contributed by atoms with Crippen molar-refractivity contribution in [2.45, 2.75) is 16.0 Å². The summed E-state index contributed by atoms with van der Waals surface area (Å²) < 4.78 is 65.6. The van der Waals surface area contributed by atoms with Gasteiger partial charge in [0.05, 0.1) is 27.6 Å². The van der Waals surface area contributed by atoms with Gasteiger partial charge in [-0.05, 0) is 30.3 Å². The van der Waals surface area contributed by atoms with Crippen LogP contribution >= 0.6 is 11.8 Å². The van der Waals surface area contributed by atoms with Crippen LogP contribution in [0.3, 0.4) is 0 Å². The largest absolute Gasteiger partial charge is 0.418 e. The van der Waals surface area contributed by atoms with Gasteiger partial charge in [0.25, 0.3) is 0 Å². The van der Waals surface area contributed by atoms with Crippen LogP contribution in [-0.2, 0) is 16.0 Å². The summed E-state index contributed by atoms with van der Waals surface area (Å²) in [7, 11) is -4.11. The van der Waals surface area contributed by atoms with Crippen LogP contribution in [0, 0.1) is 0 Å². The Morgan fingerprint density at radius 3 is 2.41 bits per heavy atom. The average molecular weight is 417 g/mol. The van der Waals surface area contributed by atoms with Crippen molar-refractivity contribution in [3.63, 3.8) is 0 Å². The maximum Gasteiger partial charge on any atom is 0.418 e. The summed E-state index contributed by atoms with van der Waals surface area (Å²) in [6.07, 6.45) is -4.84. The van der Waals surface area contributed by atoms with Gasteiger partial charge in [-0.1, -0.05) is 30.0 Å². The molecular formula is C16H14F3N3O3S2. The predicted molar refractivity (Wildman–Crippen MR) is 95.3 cm³/mol. The van der Waals surface area contributed by atoms with Crippen molar-refractivity contribution >= 4 is 32.5 Å². The third-order valence-electron chi connectivity index (χ3n) is 3.64. The Hall–Kier alpha value is -2.24. The Labute approximate surface area is 157 Å². The molecule has 0 saturated carbocycles. The standard InChI is InChI=1S/C16H14F3N3O3S2/c17-16(18,19)13-10-12(27(24,25)11-4-2-1-3-5-11)6-7-14(13)21-22(23)15-20-8-9-26-15/h1-7,10,21,23H,8-9H2. The van der Waals surface area contributed by atoms with Crippen molar-refractivity contribution in [2.24, 2.45) is 4.99 Å². The molecule has 27 heavy (non-hydrogen) atoms. The van der Waals surface area contributed by atoms with Crippen molar-refractivity contribution in [3.8, 4) is 0 Å². The van der Waals surface area contributed by atoms with Crippen molar-refractivity contribution in [1.82, 2.24) is 5.17 Å². The average Bonchev–Trinajstić information content (AvgIpc) is 3.16. The molecule has 0 fully saturated rings. The van der Waals surface area contributed by atoms with E-state index in [0.29, 0.717) is 23.5 Å². The van der Waals surface area contributed by atoms with Crippen LogP contribution in [0.4, 0.5) is 18.9 Å². The van der Waals surface area contributed by atoms with Crippen LogP contribution < -0.4 is 5.43 Å². The summed E-state index contributed by atoms with van der Waals surface area (Å²) in [5.41, 5.74) is 0.486. The first-order valence-corrected chi connectivity index (χ1v) is 10.1. The lowest BCUT2D eigenvalue weighted by Gasteiger charge is -2.21. The van der Waals surface area contributed by atoms with E-state index in [2.05, 4.69) is 10.4 Å². The van der Waals surface area contributed by atoms with Crippen molar-refractivity contribution in [2.75, 3.05) is 17.7 Å². The van der Waals surface area contributed by atoms with Gasteiger partial charge >= 0.3 is 6.18 Å². The first-order valence-electron chi connectivity index (χ1n) is 7.64. The number of amidine groups is 1. The zero-order valence-electron chi connectivity index (χ0n) is 13.6. The molecular weight excluding hydrogens is 403 g/mol. The van der Waals surface area contributed by atoms with Gasteiger partial charge in [0.15, 0.2) is 0 Å². The fourth-order valence-corrected chi connectivity index (χ4v) is 4.40. The Balaban J connectivity index is 2.00. The number of thioether (sulfide) groups is 1. The molecule has 0 bridgehead atoms. The highest BCUT2D eigenvalue weighted by atomic mass is 32.2. The van der Waals surface area contributed by atoms with E-state index in [-0.39, 0.29) is 10.1 Å². The van der Waals surface area contributed by atoms with Gasteiger partial charge in [0.1, 0.15) is 0 Å². The molecule has 0 spiro atoms. The minimum Gasteiger partial charge on any atom is -0.272 e. The summed E-state index contributed by atoms with van der Waals surface area (Å²) in [4.78, 5) is 3.33. The number of anilines is 1. The van der Waals surface area contributed by atoms with Gasteiger partial charge in [-0.3, -0.25) is 15.6 Å². The van der Waals surface area contributed by atoms with Crippen LogP contribution in [-0.4, -0.2) is 36.3 Å². The number of nitrogens with zero attached hydrogens (tertiary/aromatic N) is 2. The highest BCUT2D eigenvalue weighted by Gasteiger charge is 2.36. The predicted octanol–water partition coefficient (Wildman–Crippen LogP) is 3.66. The summed E-state index contributed by atoms with van der Waals surface area (Å²) in [6.45, 7) is 0.444. The molecule has 0 radical (unpaired) electrons. The van der Waals surface area contributed by atoms with Gasteiger partial charge in [0, 0.05) is 5.75 Å². The van der Waals surface area contributed by atoms with Gasteiger partial charge in [-0.25, -0.2) is 8.42 Å². The third-order valence-corrected chi connectivity index (χ3v) is 6.35. The molecule has 1 aliphatic heterocycles. The molecule has 0 unspecified atom stereocenters. The molecule has 0 aromatic heterocycles. The SMILES string of the molecule is O=S(=O)(c1ccccc1)c1ccc(NN(O)C2=NCCS2)c(C(F)(F)F)c1. The summed E-state index contributed by atoms with van der Waals surface area (Å²) in [6, 6.07) is 9.74. The van der Waals surface area contributed by atoms with Crippen LogP contribution in [0.25, 0.3) is 0 Å². The fourth-order valence-electron chi connectivity index (χ4n) is 2.37. The van der Waals surface area contributed by atoms with Gasteiger partial charge in [-0.15, -0.1) is 5.17 Å². The van der Waals surface area contributed by atoms with E-state index < -0.39 is 32.2 Å². The Morgan fingerprint density at radius 1 is 1.11 bits per heavy atom. The van der Waals surface area contributed by atoms with Gasteiger partial charge in [-0.2, -0.15) is 13.2 Å². The molecule has 0 saturated heterocycles. The zero-order valence-corrected chi connectivity index (χ0v) is 15.3. The van der Waals surface area contributed by atoms with Crippen LogP contribution in [0.15, 0.2) is 63.3 Å². The maximum absolute atomic E-state index is 13.5. The molecule has 144 valence electrons. The Bertz CT molecular complexity index is 964. The molecule has 3 rings (SSSR count). The topological polar surface area (TPSA) is 82.0 Å².